The molecule has 1 unspecified atom stereocenters. The lowest BCUT2D eigenvalue weighted by molar-refractivity contribution is -0.119. The van der Waals surface area contributed by atoms with Crippen LogP contribution in [0.2, 0.25) is 0 Å². The number of benzene rings is 2. The number of nitrogens with two attached hydrogens (primary N) is 1. The second-order valence-corrected chi connectivity index (χ2v) is 7.59. The molecule has 31 heavy (non-hydrogen) atoms. The van der Waals surface area contributed by atoms with Gasteiger partial charge in [-0.15, -0.1) is 0 Å². The van der Waals surface area contributed by atoms with Gasteiger partial charge >= 0.3 is 0 Å². The minimum Gasteiger partial charge on any atom is -0.409 e. The maximum atomic E-state index is 12.9. The third-order valence-electron chi connectivity index (χ3n) is 5.27. The smallest absolute Gasteiger partial charge is 0.246 e. The van der Waals surface area contributed by atoms with Crippen molar-refractivity contribution in [3.63, 3.8) is 0 Å². The van der Waals surface area contributed by atoms with E-state index in [1.165, 1.54) is 0 Å². The minimum absolute atomic E-state index is 0.00687. The quantitative estimate of drug-likeness (QED) is 0.224. The average Bonchev–Trinajstić information content (AvgIpc) is 2.79. The van der Waals surface area contributed by atoms with Gasteiger partial charge in [0, 0.05) is 35.6 Å². The van der Waals surface area contributed by atoms with Crippen molar-refractivity contribution in [1.29, 1.82) is 0 Å². The van der Waals surface area contributed by atoms with E-state index >= 15 is 0 Å². The van der Waals surface area contributed by atoms with E-state index in [9.17, 15) is 9.59 Å². The molecular formula is C23H29N5O3. The summed E-state index contributed by atoms with van der Waals surface area (Å²) in [5.41, 5.74) is 8.45. The van der Waals surface area contributed by atoms with E-state index in [1.807, 2.05) is 37.3 Å². The zero-order valence-electron chi connectivity index (χ0n) is 17.7. The van der Waals surface area contributed by atoms with Gasteiger partial charge in [-0.2, -0.15) is 0 Å². The normalized spacial score (nSPS) is 15.5. The van der Waals surface area contributed by atoms with E-state index in [0.717, 1.165) is 31.5 Å². The average molecular weight is 424 g/mol. The van der Waals surface area contributed by atoms with Crippen LogP contribution >= 0.6 is 0 Å². The molecule has 2 aromatic carbocycles. The molecule has 1 heterocycles. The highest BCUT2D eigenvalue weighted by atomic mass is 16.4. The molecule has 1 saturated heterocycles. The number of nitrogens with zero attached hydrogens (tertiary/aromatic N) is 2. The van der Waals surface area contributed by atoms with Crippen LogP contribution in [0.25, 0.3) is 0 Å². The largest absolute Gasteiger partial charge is 0.409 e. The number of carbonyl (C=O) groups is 2. The van der Waals surface area contributed by atoms with Crippen molar-refractivity contribution in [3.05, 3.63) is 54.1 Å². The molecule has 5 N–H and O–H groups in total. The van der Waals surface area contributed by atoms with Crippen molar-refractivity contribution in [1.82, 2.24) is 0 Å². The van der Waals surface area contributed by atoms with Gasteiger partial charge in [0.1, 0.15) is 6.04 Å². The monoisotopic (exact) mass is 423 g/mol. The number of amidine groups is 1. The molecule has 0 radical (unpaired) electrons. The Labute approximate surface area is 182 Å². The van der Waals surface area contributed by atoms with Gasteiger partial charge in [-0.25, -0.2) is 0 Å². The van der Waals surface area contributed by atoms with Crippen molar-refractivity contribution in [3.8, 4) is 0 Å². The first-order chi connectivity index (χ1) is 15.0. The van der Waals surface area contributed by atoms with Crippen molar-refractivity contribution in [2.45, 2.75) is 45.1 Å². The van der Waals surface area contributed by atoms with Crippen LogP contribution < -0.4 is 21.3 Å². The van der Waals surface area contributed by atoms with Crippen molar-refractivity contribution >= 4 is 34.7 Å². The first-order valence-electron chi connectivity index (χ1n) is 10.6. The Morgan fingerprint density at radius 2 is 1.97 bits per heavy atom. The summed E-state index contributed by atoms with van der Waals surface area (Å²) in [5, 5.41) is 18.1. The predicted molar refractivity (Wildman–Crippen MR) is 123 cm³/mol. The molecule has 1 aliphatic heterocycles. The second kappa shape index (κ2) is 10.5. The molecule has 1 fully saturated rings. The molecule has 8 nitrogen and oxygen atoms in total. The molecule has 0 bridgehead atoms. The van der Waals surface area contributed by atoms with E-state index in [4.69, 9.17) is 10.9 Å². The van der Waals surface area contributed by atoms with Crippen LogP contribution in [0.5, 0.6) is 0 Å². The summed E-state index contributed by atoms with van der Waals surface area (Å²) in [4.78, 5) is 26.8. The summed E-state index contributed by atoms with van der Waals surface area (Å²) in [5.74, 6) is -0.00498. The first-order valence-corrected chi connectivity index (χ1v) is 10.6. The van der Waals surface area contributed by atoms with Crippen LogP contribution in [0, 0.1) is 0 Å². The van der Waals surface area contributed by atoms with Crippen LogP contribution in [0.3, 0.4) is 0 Å². The minimum atomic E-state index is -0.448. The number of nitrogens with one attached hydrogen (secondary N) is 2. The lowest BCUT2D eigenvalue weighted by Crippen LogP contribution is -2.35. The second-order valence-electron chi connectivity index (χ2n) is 7.59. The number of carbonyl (C=O) groups excluding carboxylic acids is 2. The van der Waals surface area contributed by atoms with Crippen LogP contribution in [-0.4, -0.2) is 35.4 Å². The van der Waals surface area contributed by atoms with Crippen LogP contribution in [0.1, 0.15) is 44.6 Å². The fourth-order valence-electron chi connectivity index (χ4n) is 3.62. The maximum absolute atomic E-state index is 12.9. The summed E-state index contributed by atoms with van der Waals surface area (Å²) in [6.07, 6.45) is 3.99. The Kier molecular flexibility index (Phi) is 7.48. The number of hydrogen-bond donors (Lipinski definition) is 4. The first kappa shape index (κ1) is 22.1. The predicted octanol–water partition coefficient (Wildman–Crippen LogP) is 3.52. The number of oxime groups is 1. The van der Waals surface area contributed by atoms with E-state index < -0.39 is 6.04 Å². The van der Waals surface area contributed by atoms with E-state index in [-0.39, 0.29) is 17.6 Å². The van der Waals surface area contributed by atoms with Gasteiger partial charge in [-0.05, 0) is 55.7 Å². The summed E-state index contributed by atoms with van der Waals surface area (Å²) < 4.78 is 0. The molecular weight excluding hydrogens is 394 g/mol. The standard InChI is InChI=1S/C23H29N5O3/c1-2-6-20(25-18-8-5-7-16(15-18)22(24)27-31)23(30)26-17-10-12-19(13-11-17)28-14-4-3-9-21(28)29/h5,7-8,10-13,15,20,25,31H,2-4,6,9,14H2,1H3,(H2,24,27)(H,26,30). The highest BCUT2D eigenvalue weighted by Gasteiger charge is 2.20. The SMILES string of the molecule is CCCC(Nc1cccc(C(N)=NO)c1)C(=O)Nc1ccc(N2CCCCC2=O)cc1. The Hall–Kier alpha value is -3.55. The Bertz CT molecular complexity index is 942. The maximum Gasteiger partial charge on any atom is 0.246 e. The molecule has 2 amide bonds. The zero-order chi connectivity index (χ0) is 22.2. The summed E-state index contributed by atoms with van der Waals surface area (Å²) in [6, 6.07) is 14.0. The highest BCUT2D eigenvalue weighted by Crippen LogP contribution is 2.23. The molecule has 1 aliphatic rings. The van der Waals surface area contributed by atoms with Crippen molar-refractivity contribution < 1.29 is 14.8 Å². The Morgan fingerprint density at radius 3 is 2.65 bits per heavy atom. The number of hydrogen-bond acceptors (Lipinski definition) is 5. The third-order valence-corrected chi connectivity index (χ3v) is 5.27. The van der Waals surface area contributed by atoms with E-state index in [1.54, 1.807) is 23.1 Å². The molecule has 3 rings (SSSR count). The van der Waals surface area contributed by atoms with Crippen LogP contribution in [-0.2, 0) is 9.59 Å². The van der Waals surface area contributed by atoms with Crippen molar-refractivity contribution in [2.24, 2.45) is 10.9 Å². The zero-order valence-corrected chi connectivity index (χ0v) is 17.7. The Morgan fingerprint density at radius 1 is 1.19 bits per heavy atom. The van der Waals surface area contributed by atoms with Crippen LogP contribution in [0.4, 0.5) is 17.1 Å². The number of piperidine rings is 1. The van der Waals surface area contributed by atoms with Gasteiger partial charge in [0.2, 0.25) is 11.8 Å². The fourth-order valence-corrected chi connectivity index (χ4v) is 3.62. The number of anilines is 3. The molecule has 164 valence electrons. The number of amides is 2. The van der Waals surface area contributed by atoms with Gasteiger partial charge in [-0.3, -0.25) is 9.59 Å². The van der Waals surface area contributed by atoms with Gasteiger partial charge < -0.3 is 26.5 Å². The van der Waals surface area contributed by atoms with Crippen LogP contribution in [0.15, 0.2) is 53.7 Å². The third kappa shape index (κ3) is 5.75. The van der Waals surface area contributed by atoms with Gasteiger partial charge in [0.05, 0.1) is 0 Å². The van der Waals surface area contributed by atoms with E-state index in [0.29, 0.717) is 29.8 Å². The lowest BCUT2D eigenvalue weighted by Gasteiger charge is -2.27. The molecule has 1 atom stereocenters. The van der Waals surface area contributed by atoms with Gasteiger partial charge in [0.15, 0.2) is 5.84 Å². The Balaban J connectivity index is 1.67. The molecule has 0 aromatic heterocycles. The summed E-state index contributed by atoms with van der Waals surface area (Å²) in [7, 11) is 0. The lowest BCUT2D eigenvalue weighted by atomic mass is 10.1. The fraction of sp³-hybridized carbons (Fsp3) is 0.348. The molecule has 2 aromatic rings. The van der Waals surface area contributed by atoms with Crippen molar-refractivity contribution in [2.75, 3.05) is 22.1 Å². The molecule has 0 saturated carbocycles. The highest BCUT2D eigenvalue weighted by molar-refractivity contribution is 5.99. The topological polar surface area (TPSA) is 120 Å². The molecule has 0 aliphatic carbocycles. The summed E-state index contributed by atoms with van der Waals surface area (Å²) >= 11 is 0. The van der Waals surface area contributed by atoms with E-state index in [2.05, 4.69) is 15.8 Å². The molecule has 8 heteroatoms. The van der Waals surface area contributed by atoms with Gasteiger partial charge in [0.25, 0.3) is 0 Å². The number of rotatable bonds is 8. The summed E-state index contributed by atoms with van der Waals surface area (Å²) in [6.45, 7) is 2.75. The van der Waals surface area contributed by atoms with Gasteiger partial charge in [-0.1, -0.05) is 30.6 Å². The molecule has 0 spiro atoms.